The van der Waals surface area contributed by atoms with Gasteiger partial charge in [-0.05, 0) is 16.9 Å². The van der Waals surface area contributed by atoms with Crippen molar-refractivity contribution >= 4 is 23.5 Å². The summed E-state index contributed by atoms with van der Waals surface area (Å²) >= 11 is 0. The fourth-order valence-electron chi connectivity index (χ4n) is 1.81. The maximum absolute atomic E-state index is 10.2. The van der Waals surface area contributed by atoms with Crippen LogP contribution in [0, 0.1) is 9.81 Å². The molecule has 0 atom stereocenters. The first kappa shape index (κ1) is 15.0. The van der Waals surface area contributed by atoms with Crippen LogP contribution in [0.4, 0.5) is 11.4 Å². The number of benzene rings is 2. The summed E-state index contributed by atoms with van der Waals surface area (Å²) in [6.45, 7) is 0. The molecule has 8 nitrogen and oxygen atoms in total. The van der Waals surface area contributed by atoms with Crippen molar-refractivity contribution in [3.05, 3.63) is 69.5 Å². The van der Waals surface area contributed by atoms with Crippen LogP contribution < -0.4 is 11.0 Å². The molecule has 0 radical (unpaired) electrons. The van der Waals surface area contributed by atoms with Crippen molar-refractivity contribution in [3.8, 4) is 0 Å². The van der Waals surface area contributed by atoms with E-state index in [-0.39, 0.29) is 0 Å². The van der Waals surface area contributed by atoms with Crippen LogP contribution in [-0.2, 0) is 0 Å². The van der Waals surface area contributed by atoms with E-state index in [1.807, 2.05) is 48.6 Å². The first-order valence-corrected chi connectivity index (χ1v) is 6.28. The summed E-state index contributed by atoms with van der Waals surface area (Å²) < 4.78 is 0. The van der Waals surface area contributed by atoms with Gasteiger partial charge in [0, 0.05) is 5.56 Å². The van der Waals surface area contributed by atoms with Gasteiger partial charge in [-0.25, -0.2) is 0 Å². The lowest BCUT2D eigenvalue weighted by Gasteiger charge is -2.09. The van der Waals surface area contributed by atoms with Gasteiger partial charge >= 0.3 is 0 Å². The molecule has 8 heteroatoms. The fourth-order valence-corrected chi connectivity index (χ4v) is 1.81. The lowest BCUT2D eigenvalue weighted by molar-refractivity contribution is 0.865. The van der Waals surface area contributed by atoms with Crippen molar-refractivity contribution in [3.63, 3.8) is 0 Å². The van der Waals surface area contributed by atoms with Gasteiger partial charge in [0.1, 0.15) is 11.0 Å². The number of anilines is 1. The van der Waals surface area contributed by atoms with Crippen molar-refractivity contribution < 1.29 is 0 Å². The molecule has 2 N–H and O–H groups in total. The predicted octanol–water partition coefficient (Wildman–Crippen LogP) is 4.22. The number of rotatable bonds is 7. The number of nitrogens with zero attached hydrogens (tertiary/aromatic N) is 4. The molecule has 0 saturated heterocycles. The largest absolute Gasteiger partial charge is 0.280 e. The zero-order valence-corrected chi connectivity index (χ0v) is 11.4. The third kappa shape index (κ3) is 4.04. The molecule has 2 aromatic carbocycles. The number of nitrogens with one attached hydrogen (secondary N) is 2. The standard InChI is InChI=1S/C14H12N6O2/c21-19-17-15-13-8-4-7-12(14(13)16-18-20-22)10-9-11-5-2-1-3-6-11/h1-10H,(H,16,20)(H,18,22). The lowest BCUT2D eigenvalue weighted by atomic mass is 10.1. The molecule has 0 saturated carbocycles. The Kier molecular flexibility index (Phi) is 5.45. The highest BCUT2D eigenvalue weighted by molar-refractivity contribution is 5.82. The summed E-state index contributed by atoms with van der Waals surface area (Å²) in [6, 6.07) is 14.9. The highest BCUT2D eigenvalue weighted by Gasteiger charge is 2.06. The molecule has 0 fully saturated rings. The van der Waals surface area contributed by atoms with E-state index < -0.39 is 0 Å². The Morgan fingerprint density at radius 1 is 0.909 bits per heavy atom. The van der Waals surface area contributed by atoms with E-state index in [4.69, 9.17) is 0 Å². The normalized spacial score (nSPS) is 10.7. The Morgan fingerprint density at radius 3 is 2.45 bits per heavy atom. The van der Waals surface area contributed by atoms with Crippen LogP contribution in [-0.4, -0.2) is 0 Å². The average molecular weight is 296 g/mol. The molecular formula is C14H12N6O2. The van der Waals surface area contributed by atoms with Gasteiger partial charge in [0.25, 0.3) is 0 Å². The van der Waals surface area contributed by atoms with E-state index in [1.54, 1.807) is 12.1 Å². The topological polar surface area (TPSA) is 108 Å². The molecule has 2 aromatic rings. The van der Waals surface area contributed by atoms with Crippen molar-refractivity contribution in [2.24, 2.45) is 20.9 Å². The number of para-hydroxylation sites is 1. The quantitative estimate of drug-likeness (QED) is 0.345. The summed E-state index contributed by atoms with van der Waals surface area (Å²) in [4.78, 5) is 20.3. The summed E-state index contributed by atoms with van der Waals surface area (Å²) in [7, 11) is 0. The second kappa shape index (κ2) is 8.00. The Labute approximate surface area is 125 Å². The second-order valence-electron chi connectivity index (χ2n) is 4.08. The van der Waals surface area contributed by atoms with Crippen LogP contribution in [0.2, 0.25) is 0 Å². The van der Waals surface area contributed by atoms with Gasteiger partial charge in [0.2, 0.25) is 0 Å². The summed E-state index contributed by atoms with van der Waals surface area (Å²) in [5.74, 6) is 0. The van der Waals surface area contributed by atoms with E-state index in [9.17, 15) is 9.81 Å². The molecule has 0 heterocycles. The van der Waals surface area contributed by atoms with Gasteiger partial charge in [-0.15, -0.1) is 14.9 Å². The van der Waals surface area contributed by atoms with Crippen LogP contribution in [0.3, 0.4) is 0 Å². The van der Waals surface area contributed by atoms with E-state index in [0.717, 1.165) is 11.1 Å². The molecule has 0 aliphatic rings. The predicted molar refractivity (Wildman–Crippen MR) is 84.7 cm³/mol. The summed E-state index contributed by atoms with van der Waals surface area (Å²) in [6.07, 6.45) is 3.73. The van der Waals surface area contributed by atoms with Gasteiger partial charge in [-0.1, -0.05) is 54.6 Å². The molecular weight excluding hydrogens is 284 g/mol. The van der Waals surface area contributed by atoms with Crippen molar-refractivity contribution in [1.82, 2.24) is 5.53 Å². The van der Waals surface area contributed by atoms with Crippen molar-refractivity contribution in [2.45, 2.75) is 0 Å². The van der Waals surface area contributed by atoms with Crippen LogP contribution in [0.5, 0.6) is 0 Å². The maximum Gasteiger partial charge on any atom is 0.113 e. The first-order valence-electron chi connectivity index (χ1n) is 6.28. The minimum absolute atomic E-state index is 0.339. The van der Waals surface area contributed by atoms with Crippen LogP contribution in [0.25, 0.3) is 12.2 Å². The van der Waals surface area contributed by atoms with Gasteiger partial charge in [-0.3, -0.25) is 5.43 Å². The first-order chi connectivity index (χ1) is 10.8. The molecule has 110 valence electrons. The molecule has 0 aliphatic carbocycles. The Balaban J connectivity index is 2.36. The van der Waals surface area contributed by atoms with Crippen LogP contribution in [0.15, 0.2) is 69.4 Å². The molecule has 2 rings (SSSR count). The number of hydrogen-bond donors (Lipinski definition) is 2. The SMILES string of the molecule is O=NN=Nc1cccc(C=Cc2ccccc2)c1NNN=O. The molecule has 0 unspecified atom stereocenters. The van der Waals surface area contributed by atoms with E-state index in [0.29, 0.717) is 11.4 Å². The highest BCUT2D eigenvalue weighted by atomic mass is 16.3. The van der Waals surface area contributed by atoms with Gasteiger partial charge in [0.15, 0.2) is 0 Å². The Morgan fingerprint density at radius 2 is 1.73 bits per heavy atom. The van der Waals surface area contributed by atoms with E-state index >= 15 is 0 Å². The third-order valence-corrected chi connectivity index (χ3v) is 2.75. The smallest absolute Gasteiger partial charge is 0.113 e. The molecule has 0 amide bonds. The minimum atomic E-state index is 0.339. The van der Waals surface area contributed by atoms with Crippen molar-refractivity contribution in [1.29, 1.82) is 0 Å². The number of hydrazine groups is 1. The maximum atomic E-state index is 10.2. The van der Waals surface area contributed by atoms with Crippen LogP contribution in [0.1, 0.15) is 11.1 Å². The Bertz CT molecular complexity index is 700. The van der Waals surface area contributed by atoms with Crippen LogP contribution >= 0.6 is 0 Å². The summed E-state index contributed by atoms with van der Waals surface area (Å²) in [5.41, 5.74) is 7.21. The number of nitroso groups, excluding NO2 is 2. The zero-order chi connectivity index (χ0) is 15.6. The monoisotopic (exact) mass is 296 g/mol. The fraction of sp³-hybridized carbons (Fsp3) is 0. The Hall–Kier alpha value is -3.42. The molecule has 22 heavy (non-hydrogen) atoms. The minimum Gasteiger partial charge on any atom is -0.280 e. The molecule has 0 bridgehead atoms. The van der Waals surface area contributed by atoms with Gasteiger partial charge in [-0.2, -0.15) is 5.53 Å². The van der Waals surface area contributed by atoms with Crippen molar-refractivity contribution in [2.75, 3.05) is 5.43 Å². The summed E-state index contributed by atoms with van der Waals surface area (Å²) in [5, 5.41) is 11.6. The lowest BCUT2D eigenvalue weighted by Crippen LogP contribution is -2.14. The molecule has 0 aliphatic heterocycles. The molecule has 0 spiro atoms. The van der Waals surface area contributed by atoms with Gasteiger partial charge in [0.05, 0.1) is 11.0 Å². The van der Waals surface area contributed by atoms with E-state index in [1.165, 1.54) is 0 Å². The number of hydrogen-bond acceptors (Lipinski definition) is 5. The van der Waals surface area contributed by atoms with Gasteiger partial charge < -0.3 is 0 Å². The second-order valence-corrected chi connectivity index (χ2v) is 4.08. The molecule has 0 aromatic heterocycles. The zero-order valence-electron chi connectivity index (χ0n) is 11.4. The van der Waals surface area contributed by atoms with E-state index in [2.05, 4.69) is 31.9 Å². The highest BCUT2D eigenvalue weighted by Crippen LogP contribution is 2.30. The third-order valence-electron chi connectivity index (χ3n) is 2.75. The average Bonchev–Trinajstić information content (AvgIpc) is 2.57.